The number of para-hydroxylation sites is 2. The molecule has 1 heterocycles. The molecule has 3 aromatic rings. The molecule has 0 saturated heterocycles. The number of nitrogens with zero attached hydrogens (tertiary/aromatic N) is 2. The lowest BCUT2D eigenvalue weighted by molar-refractivity contribution is 0.185. The van der Waals surface area contributed by atoms with E-state index in [4.69, 9.17) is 4.74 Å². The summed E-state index contributed by atoms with van der Waals surface area (Å²) in [6, 6.07) is 15.5. The van der Waals surface area contributed by atoms with Crippen LogP contribution in [0.4, 0.5) is 0 Å². The third-order valence-electron chi connectivity index (χ3n) is 4.47. The SMILES string of the molecule is CCNC(=NCC(O)c1cccc(OC(C)C)c1)NCCc1nc2ccccc2[nH]1. The topological polar surface area (TPSA) is 94.6 Å². The summed E-state index contributed by atoms with van der Waals surface area (Å²) in [7, 11) is 0. The van der Waals surface area contributed by atoms with Gasteiger partial charge in [0.15, 0.2) is 5.96 Å². The van der Waals surface area contributed by atoms with Crippen LogP contribution in [-0.4, -0.2) is 46.8 Å². The van der Waals surface area contributed by atoms with E-state index in [-0.39, 0.29) is 12.6 Å². The fraction of sp³-hybridized carbons (Fsp3) is 0.391. The number of aliphatic hydroxyl groups excluding tert-OH is 1. The standard InChI is InChI=1S/C23H31N5O2/c1-4-24-23(25-13-12-22-27-19-10-5-6-11-20(19)28-22)26-15-21(29)17-8-7-9-18(14-17)30-16(2)3/h5-11,14,16,21,29H,4,12-13,15H2,1-3H3,(H,27,28)(H2,24,25,26). The molecule has 2 aromatic carbocycles. The number of guanidine groups is 1. The van der Waals surface area contributed by atoms with Crippen molar-refractivity contribution in [2.45, 2.75) is 39.4 Å². The molecule has 0 spiro atoms. The van der Waals surface area contributed by atoms with Gasteiger partial charge in [0, 0.05) is 19.5 Å². The number of aromatic amines is 1. The molecule has 0 aliphatic heterocycles. The van der Waals surface area contributed by atoms with Crippen LogP contribution < -0.4 is 15.4 Å². The van der Waals surface area contributed by atoms with Crippen molar-refractivity contribution in [2.24, 2.45) is 4.99 Å². The maximum absolute atomic E-state index is 10.5. The maximum Gasteiger partial charge on any atom is 0.191 e. The monoisotopic (exact) mass is 409 g/mol. The van der Waals surface area contributed by atoms with Crippen LogP contribution in [0.2, 0.25) is 0 Å². The molecule has 0 saturated carbocycles. The van der Waals surface area contributed by atoms with Crippen molar-refractivity contribution in [1.82, 2.24) is 20.6 Å². The van der Waals surface area contributed by atoms with Gasteiger partial charge in [0.1, 0.15) is 11.6 Å². The fourth-order valence-corrected chi connectivity index (χ4v) is 3.12. The number of aliphatic hydroxyl groups is 1. The summed E-state index contributed by atoms with van der Waals surface area (Å²) in [5.41, 5.74) is 2.80. The highest BCUT2D eigenvalue weighted by Gasteiger charge is 2.10. The van der Waals surface area contributed by atoms with Crippen LogP contribution >= 0.6 is 0 Å². The van der Waals surface area contributed by atoms with Gasteiger partial charge in [-0.1, -0.05) is 24.3 Å². The molecule has 7 nitrogen and oxygen atoms in total. The van der Waals surface area contributed by atoms with Crippen molar-refractivity contribution in [1.29, 1.82) is 0 Å². The number of benzene rings is 2. The maximum atomic E-state index is 10.5. The Morgan fingerprint density at radius 3 is 2.77 bits per heavy atom. The third-order valence-corrected chi connectivity index (χ3v) is 4.47. The summed E-state index contributed by atoms with van der Waals surface area (Å²) in [6.45, 7) is 7.65. The molecule has 0 fully saturated rings. The number of H-pyrrole nitrogens is 1. The molecular weight excluding hydrogens is 378 g/mol. The van der Waals surface area contributed by atoms with E-state index in [0.717, 1.165) is 41.1 Å². The number of aromatic nitrogens is 2. The Morgan fingerprint density at radius 2 is 2.00 bits per heavy atom. The Morgan fingerprint density at radius 1 is 1.17 bits per heavy atom. The second-order valence-electron chi connectivity index (χ2n) is 7.35. The number of aliphatic imine (C=N–C) groups is 1. The lowest BCUT2D eigenvalue weighted by Gasteiger charge is -2.15. The zero-order valence-electron chi connectivity index (χ0n) is 17.9. The molecule has 7 heteroatoms. The summed E-state index contributed by atoms with van der Waals surface area (Å²) >= 11 is 0. The van der Waals surface area contributed by atoms with Crippen LogP contribution in [-0.2, 0) is 6.42 Å². The minimum Gasteiger partial charge on any atom is -0.491 e. The van der Waals surface area contributed by atoms with Crippen molar-refractivity contribution in [2.75, 3.05) is 19.6 Å². The van der Waals surface area contributed by atoms with Crippen LogP contribution in [0.25, 0.3) is 11.0 Å². The van der Waals surface area contributed by atoms with Gasteiger partial charge in [-0.05, 0) is 50.6 Å². The molecule has 0 aliphatic rings. The van der Waals surface area contributed by atoms with Crippen molar-refractivity contribution in [3.8, 4) is 5.75 Å². The molecule has 3 rings (SSSR count). The van der Waals surface area contributed by atoms with E-state index in [9.17, 15) is 5.11 Å². The van der Waals surface area contributed by atoms with Crippen LogP contribution in [0.5, 0.6) is 5.75 Å². The number of rotatable bonds is 9. The van der Waals surface area contributed by atoms with Gasteiger partial charge in [-0.25, -0.2) is 4.98 Å². The van der Waals surface area contributed by atoms with E-state index in [1.165, 1.54) is 0 Å². The number of fused-ring (bicyclic) bond motifs is 1. The van der Waals surface area contributed by atoms with Crippen molar-refractivity contribution in [3.05, 3.63) is 59.9 Å². The van der Waals surface area contributed by atoms with E-state index >= 15 is 0 Å². The quantitative estimate of drug-likeness (QED) is 0.322. The number of hydrogen-bond donors (Lipinski definition) is 4. The van der Waals surface area contributed by atoms with E-state index in [1.807, 2.05) is 69.3 Å². The van der Waals surface area contributed by atoms with Crippen molar-refractivity contribution in [3.63, 3.8) is 0 Å². The largest absolute Gasteiger partial charge is 0.491 e. The lowest BCUT2D eigenvalue weighted by Crippen LogP contribution is -2.38. The number of ether oxygens (including phenoxy) is 1. The van der Waals surface area contributed by atoms with Gasteiger partial charge in [0.2, 0.25) is 0 Å². The number of nitrogens with one attached hydrogen (secondary N) is 3. The second kappa shape index (κ2) is 10.6. The molecule has 0 bridgehead atoms. The van der Waals surface area contributed by atoms with Gasteiger partial charge < -0.3 is 25.5 Å². The average Bonchev–Trinajstić information content (AvgIpc) is 3.14. The Bertz CT molecular complexity index is 934. The van der Waals surface area contributed by atoms with E-state index in [1.54, 1.807) is 0 Å². The molecular formula is C23H31N5O2. The predicted octanol–water partition coefficient (Wildman–Crippen LogP) is 3.18. The molecule has 1 atom stereocenters. The van der Waals surface area contributed by atoms with Gasteiger partial charge in [-0.3, -0.25) is 4.99 Å². The Balaban J connectivity index is 1.55. The zero-order chi connectivity index (χ0) is 21.3. The third kappa shape index (κ3) is 6.22. The molecule has 0 amide bonds. The normalized spacial score (nSPS) is 12.9. The summed E-state index contributed by atoms with van der Waals surface area (Å²) in [5, 5.41) is 17.1. The van der Waals surface area contributed by atoms with Crippen LogP contribution in [0, 0.1) is 0 Å². The highest BCUT2D eigenvalue weighted by Crippen LogP contribution is 2.20. The number of imidazole rings is 1. The van der Waals surface area contributed by atoms with Crippen LogP contribution in [0.15, 0.2) is 53.5 Å². The van der Waals surface area contributed by atoms with E-state index < -0.39 is 6.10 Å². The zero-order valence-corrected chi connectivity index (χ0v) is 17.9. The first kappa shape index (κ1) is 21.6. The van der Waals surface area contributed by atoms with Crippen LogP contribution in [0.1, 0.15) is 38.3 Å². The smallest absolute Gasteiger partial charge is 0.191 e. The van der Waals surface area contributed by atoms with Crippen molar-refractivity contribution >= 4 is 17.0 Å². The van der Waals surface area contributed by atoms with Crippen molar-refractivity contribution < 1.29 is 9.84 Å². The molecule has 4 N–H and O–H groups in total. The van der Waals surface area contributed by atoms with Gasteiger partial charge in [0.25, 0.3) is 0 Å². The number of hydrogen-bond acceptors (Lipinski definition) is 4. The highest BCUT2D eigenvalue weighted by atomic mass is 16.5. The Kier molecular flexibility index (Phi) is 7.68. The Hall–Kier alpha value is -3.06. The molecule has 1 unspecified atom stereocenters. The molecule has 0 radical (unpaired) electrons. The molecule has 30 heavy (non-hydrogen) atoms. The van der Waals surface area contributed by atoms with Gasteiger partial charge >= 0.3 is 0 Å². The minimum absolute atomic E-state index is 0.0896. The summed E-state index contributed by atoms with van der Waals surface area (Å²) in [5.74, 6) is 2.35. The first-order valence-corrected chi connectivity index (χ1v) is 10.5. The minimum atomic E-state index is -0.702. The van der Waals surface area contributed by atoms with Gasteiger partial charge in [-0.15, -0.1) is 0 Å². The highest BCUT2D eigenvalue weighted by molar-refractivity contribution is 5.79. The van der Waals surface area contributed by atoms with Gasteiger partial charge in [0.05, 0.1) is 29.8 Å². The Labute approximate surface area is 177 Å². The van der Waals surface area contributed by atoms with Gasteiger partial charge in [-0.2, -0.15) is 0 Å². The fourth-order valence-electron chi connectivity index (χ4n) is 3.12. The molecule has 160 valence electrons. The molecule has 1 aromatic heterocycles. The van der Waals surface area contributed by atoms with E-state index in [0.29, 0.717) is 12.5 Å². The average molecular weight is 410 g/mol. The second-order valence-corrected chi connectivity index (χ2v) is 7.35. The first-order valence-electron chi connectivity index (χ1n) is 10.5. The predicted molar refractivity (Wildman–Crippen MR) is 121 cm³/mol. The summed E-state index contributed by atoms with van der Waals surface area (Å²) in [6.07, 6.45) is 0.134. The van der Waals surface area contributed by atoms with E-state index in [2.05, 4.69) is 25.6 Å². The van der Waals surface area contributed by atoms with Crippen LogP contribution in [0.3, 0.4) is 0 Å². The first-order chi connectivity index (χ1) is 14.5. The molecule has 0 aliphatic carbocycles. The summed E-state index contributed by atoms with van der Waals surface area (Å²) < 4.78 is 5.71. The lowest BCUT2D eigenvalue weighted by atomic mass is 10.1. The summed E-state index contributed by atoms with van der Waals surface area (Å²) in [4.78, 5) is 12.4.